The number of halogens is 1. The van der Waals surface area contributed by atoms with Crippen LogP contribution in [0.5, 0.6) is 0 Å². The molecule has 0 N–H and O–H groups in total. The van der Waals surface area contributed by atoms with E-state index in [-0.39, 0.29) is 5.83 Å². The Bertz CT molecular complexity index is 179. The van der Waals surface area contributed by atoms with Gasteiger partial charge in [0.05, 0.1) is 0 Å². The Kier molecular flexibility index (Phi) is 4.06. The van der Waals surface area contributed by atoms with Crippen LogP contribution in [0, 0.1) is 5.92 Å². The van der Waals surface area contributed by atoms with E-state index in [1.165, 1.54) is 25.7 Å². The average Bonchev–Trinajstić information content (AvgIpc) is 2.09. The van der Waals surface area contributed by atoms with Crippen molar-refractivity contribution < 1.29 is 4.39 Å². The van der Waals surface area contributed by atoms with Crippen molar-refractivity contribution in [2.75, 3.05) is 0 Å². The average molecular weight is 168 g/mol. The predicted molar refractivity (Wildman–Crippen MR) is 50.6 cm³/mol. The third-order valence-electron chi connectivity index (χ3n) is 2.32. The highest BCUT2D eigenvalue weighted by Gasteiger charge is 2.07. The van der Waals surface area contributed by atoms with Crippen LogP contribution in [-0.2, 0) is 0 Å². The molecule has 1 rings (SSSR count). The summed E-state index contributed by atoms with van der Waals surface area (Å²) in [6.45, 7) is 2.20. The molecular weight excluding hydrogens is 151 g/mol. The molecule has 1 aliphatic rings. The van der Waals surface area contributed by atoms with Gasteiger partial charge in [0.2, 0.25) is 0 Å². The van der Waals surface area contributed by atoms with Crippen molar-refractivity contribution in [2.24, 2.45) is 5.92 Å². The fourth-order valence-electron chi connectivity index (χ4n) is 1.51. The lowest BCUT2D eigenvalue weighted by molar-refractivity contribution is 0.527. The topological polar surface area (TPSA) is 0 Å². The first-order chi connectivity index (χ1) is 5.83. The summed E-state index contributed by atoms with van der Waals surface area (Å²) in [5.74, 6) is 0.526. The van der Waals surface area contributed by atoms with E-state index < -0.39 is 0 Å². The summed E-state index contributed by atoms with van der Waals surface area (Å²) in [5.41, 5.74) is 0. The number of hydrogen-bond acceptors (Lipinski definition) is 0. The molecule has 0 bridgehead atoms. The molecule has 68 valence electrons. The van der Waals surface area contributed by atoms with Crippen LogP contribution in [0.15, 0.2) is 24.1 Å². The van der Waals surface area contributed by atoms with Crippen molar-refractivity contribution in [3.63, 3.8) is 0 Å². The van der Waals surface area contributed by atoms with Gasteiger partial charge in [0.25, 0.3) is 0 Å². The van der Waals surface area contributed by atoms with Gasteiger partial charge in [-0.05, 0) is 30.9 Å². The van der Waals surface area contributed by atoms with Crippen molar-refractivity contribution in [3.8, 4) is 0 Å². The van der Waals surface area contributed by atoms with Crippen LogP contribution in [0.3, 0.4) is 0 Å². The predicted octanol–water partition coefficient (Wildman–Crippen LogP) is 4.00. The van der Waals surface area contributed by atoms with Gasteiger partial charge in [-0.15, -0.1) is 0 Å². The monoisotopic (exact) mass is 168 g/mol. The Balaban J connectivity index is 2.16. The molecule has 12 heavy (non-hydrogen) atoms. The van der Waals surface area contributed by atoms with E-state index in [0.29, 0.717) is 5.92 Å². The lowest BCUT2D eigenvalue weighted by Crippen LogP contribution is -1.98. The highest BCUT2D eigenvalue weighted by atomic mass is 19.1. The summed E-state index contributed by atoms with van der Waals surface area (Å²) in [4.78, 5) is 0. The number of hydrogen-bond donors (Lipinski definition) is 0. The minimum Gasteiger partial charge on any atom is -0.207 e. The largest absolute Gasteiger partial charge is 0.207 e. The molecule has 0 saturated carbocycles. The molecule has 0 aromatic rings. The molecule has 1 unspecified atom stereocenters. The van der Waals surface area contributed by atoms with E-state index in [1.54, 1.807) is 12.2 Å². The van der Waals surface area contributed by atoms with Gasteiger partial charge in [-0.2, -0.15) is 0 Å². The number of rotatable bonds is 4. The number of unbranched alkanes of at least 4 members (excludes halogenated alkanes) is 2. The maximum Gasteiger partial charge on any atom is 0.118 e. The van der Waals surface area contributed by atoms with Crippen molar-refractivity contribution >= 4 is 0 Å². The molecule has 0 amide bonds. The Hall–Kier alpha value is -0.590. The molecule has 0 radical (unpaired) electrons. The summed E-state index contributed by atoms with van der Waals surface area (Å²) in [6.07, 6.45) is 11.3. The second-order valence-corrected chi connectivity index (χ2v) is 3.44. The fraction of sp³-hybridized carbons (Fsp3) is 0.636. The molecule has 0 aromatic carbocycles. The van der Waals surface area contributed by atoms with Crippen LogP contribution in [0.2, 0.25) is 0 Å². The standard InChI is InChI=1S/C11H17F/c1-2-3-4-5-10-6-8-11(12)9-7-10/h6,8-10H,2-5,7H2,1H3. The Morgan fingerprint density at radius 2 is 2.33 bits per heavy atom. The molecule has 1 aliphatic carbocycles. The first-order valence-electron chi connectivity index (χ1n) is 4.86. The van der Waals surface area contributed by atoms with E-state index >= 15 is 0 Å². The molecule has 0 aliphatic heterocycles. The Morgan fingerprint density at radius 3 is 2.92 bits per heavy atom. The molecule has 0 fully saturated rings. The summed E-state index contributed by atoms with van der Waals surface area (Å²) in [6, 6.07) is 0. The zero-order valence-electron chi connectivity index (χ0n) is 7.72. The second kappa shape index (κ2) is 5.13. The maximum absolute atomic E-state index is 12.5. The van der Waals surface area contributed by atoms with E-state index in [0.717, 1.165) is 6.42 Å². The van der Waals surface area contributed by atoms with Crippen LogP contribution in [0.25, 0.3) is 0 Å². The lowest BCUT2D eigenvalue weighted by atomic mass is 9.94. The Morgan fingerprint density at radius 1 is 1.50 bits per heavy atom. The highest BCUT2D eigenvalue weighted by Crippen LogP contribution is 2.21. The Labute approximate surface area is 74.2 Å². The van der Waals surface area contributed by atoms with Crippen LogP contribution in [0.4, 0.5) is 4.39 Å². The summed E-state index contributed by atoms with van der Waals surface area (Å²) in [7, 11) is 0. The molecule has 0 aromatic heterocycles. The third kappa shape index (κ3) is 3.21. The molecule has 0 heterocycles. The van der Waals surface area contributed by atoms with E-state index in [9.17, 15) is 4.39 Å². The number of allylic oxidation sites excluding steroid dienone is 4. The van der Waals surface area contributed by atoms with Gasteiger partial charge in [-0.3, -0.25) is 0 Å². The van der Waals surface area contributed by atoms with E-state index in [2.05, 4.69) is 6.92 Å². The van der Waals surface area contributed by atoms with Crippen molar-refractivity contribution in [3.05, 3.63) is 24.1 Å². The maximum atomic E-state index is 12.5. The first kappa shape index (κ1) is 9.50. The van der Waals surface area contributed by atoms with Crippen molar-refractivity contribution in [1.29, 1.82) is 0 Å². The van der Waals surface area contributed by atoms with E-state index in [4.69, 9.17) is 0 Å². The van der Waals surface area contributed by atoms with Gasteiger partial charge in [0.15, 0.2) is 0 Å². The molecule has 1 heteroatoms. The van der Waals surface area contributed by atoms with Crippen LogP contribution in [-0.4, -0.2) is 0 Å². The van der Waals surface area contributed by atoms with Gasteiger partial charge in [0.1, 0.15) is 5.83 Å². The first-order valence-corrected chi connectivity index (χ1v) is 4.86. The SMILES string of the molecule is CCCCCC1C=CC(F)=CC1. The van der Waals surface area contributed by atoms with Gasteiger partial charge < -0.3 is 0 Å². The van der Waals surface area contributed by atoms with Gasteiger partial charge in [-0.1, -0.05) is 32.3 Å². The van der Waals surface area contributed by atoms with Gasteiger partial charge in [-0.25, -0.2) is 4.39 Å². The van der Waals surface area contributed by atoms with E-state index in [1.807, 2.05) is 6.08 Å². The normalized spacial score (nSPS) is 22.5. The van der Waals surface area contributed by atoms with Crippen LogP contribution in [0.1, 0.15) is 39.0 Å². The highest BCUT2D eigenvalue weighted by molar-refractivity contribution is 5.17. The quantitative estimate of drug-likeness (QED) is 0.557. The smallest absolute Gasteiger partial charge is 0.118 e. The molecular formula is C11H17F. The molecule has 0 saturated heterocycles. The summed E-state index contributed by atoms with van der Waals surface area (Å²) >= 11 is 0. The molecule has 0 spiro atoms. The minimum absolute atomic E-state index is 0.0678. The molecule has 0 nitrogen and oxygen atoms in total. The van der Waals surface area contributed by atoms with Crippen LogP contribution >= 0.6 is 0 Å². The zero-order valence-corrected chi connectivity index (χ0v) is 7.72. The van der Waals surface area contributed by atoms with Crippen molar-refractivity contribution in [1.82, 2.24) is 0 Å². The minimum atomic E-state index is -0.0678. The van der Waals surface area contributed by atoms with Gasteiger partial charge >= 0.3 is 0 Å². The van der Waals surface area contributed by atoms with Crippen molar-refractivity contribution in [2.45, 2.75) is 39.0 Å². The van der Waals surface area contributed by atoms with Crippen LogP contribution < -0.4 is 0 Å². The summed E-state index contributed by atoms with van der Waals surface area (Å²) < 4.78 is 12.5. The third-order valence-corrected chi connectivity index (χ3v) is 2.32. The molecule has 1 atom stereocenters. The fourth-order valence-corrected chi connectivity index (χ4v) is 1.51. The van der Waals surface area contributed by atoms with Gasteiger partial charge in [0, 0.05) is 0 Å². The zero-order chi connectivity index (χ0) is 8.81. The lowest BCUT2D eigenvalue weighted by Gasteiger charge is -2.12. The summed E-state index contributed by atoms with van der Waals surface area (Å²) in [5, 5.41) is 0. The second-order valence-electron chi connectivity index (χ2n) is 3.44.